The van der Waals surface area contributed by atoms with Gasteiger partial charge < -0.3 is 9.73 Å². The maximum atomic E-state index is 12.6. The molecule has 4 aromatic rings. The van der Waals surface area contributed by atoms with Gasteiger partial charge in [0, 0.05) is 22.0 Å². The van der Waals surface area contributed by atoms with Crippen LogP contribution in [0.15, 0.2) is 59.0 Å². The lowest BCUT2D eigenvalue weighted by Crippen LogP contribution is -2.13. The van der Waals surface area contributed by atoms with E-state index in [1.807, 2.05) is 62.4 Å². The summed E-state index contributed by atoms with van der Waals surface area (Å²) >= 11 is 0. The first kappa shape index (κ1) is 14.5. The molecule has 0 aliphatic carbocycles. The van der Waals surface area contributed by atoms with Gasteiger partial charge in [0.25, 0.3) is 5.91 Å². The molecule has 0 unspecified atom stereocenters. The van der Waals surface area contributed by atoms with Gasteiger partial charge in [-0.05, 0) is 31.4 Å². The molecule has 1 N–H and O–H groups in total. The van der Waals surface area contributed by atoms with Crippen LogP contribution < -0.4 is 5.32 Å². The normalized spacial score (nSPS) is 11.1. The second-order valence-electron chi connectivity index (χ2n) is 5.84. The number of aryl methyl sites for hydroxylation is 2. The molecule has 4 nitrogen and oxygen atoms in total. The van der Waals surface area contributed by atoms with E-state index in [0.29, 0.717) is 11.6 Å². The van der Waals surface area contributed by atoms with E-state index in [-0.39, 0.29) is 5.91 Å². The maximum Gasteiger partial charge on any atom is 0.292 e. The molecule has 0 aliphatic rings. The van der Waals surface area contributed by atoms with Crippen molar-refractivity contribution in [3.8, 4) is 0 Å². The first-order valence-electron chi connectivity index (χ1n) is 7.79. The first-order chi connectivity index (χ1) is 11.6. The molecule has 2 aromatic heterocycles. The van der Waals surface area contributed by atoms with Crippen LogP contribution in [-0.4, -0.2) is 10.9 Å². The predicted octanol–water partition coefficient (Wildman–Crippen LogP) is 4.85. The quantitative estimate of drug-likeness (QED) is 0.575. The molecule has 4 heteroatoms. The van der Waals surface area contributed by atoms with Crippen LogP contribution in [0.25, 0.3) is 21.7 Å². The highest BCUT2D eigenvalue weighted by atomic mass is 16.3. The number of amides is 1. The number of nitrogens with zero attached hydrogens (tertiary/aromatic N) is 1. The van der Waals surface area contributed by atoms with E-state index in [4.69, 9.17) is 4.42 Å². The monoisotopic (exact) mass is 316 g/mol. The van der Waals surface area contributed by atoms with Crippen molar-refractivity contribution in [2.75, 3.05) is 5.32 Å². The number of nitrogens with one attached hydrogen (secondary N) is 1. The zero-order valence-corrected chi connectivity index (χ0v) is 13.5. The van der Waals surface area contributed by atoms with E-state index in [0.717, 1.165) is 33.0 Å². The number of fused-ring (bicyclic) bond motifs is 3. The molecule has 0 radical (unpaired) electrons. The largest absolute Gasteiger partial charge is 0.450 e. The lowest BCUT2D eigenvalue weighted by Gasteiger charge is -2.03. The third-order valence-electron chi connectivity index (χ3n) is 4.16. The molecule has 0 saturated carbocycles. The highest BCUT2D eigenvalue weighted by Gasteiger charge is 2.19. The minimum atomic E-state index is -0.286. The Morgan fingerprint density at radius 3 is 2.62 bits per heavy atom. The van der Waals surface area contributed by atoms with Gasteiger partial charge in [0.05, 0.1) is 0 Å². The maximum absolute atomic E-state index is 12.6. The van der Waals surface area contributed by atoms with Crippen molar-refractivity contribution in [3.63, 3.8) is 0 Å². The van der Waals surface area contributed by atoms with Gasteiger partial charge in [-0.1, -0.05) is 42.5 Å². The summed E-state index contributed by atoms with van der Waals surface area (Å²) in [5.41, 5.74) is 2.42. The van der Waals surface area contributed by atoms with E-state index in [1.165, 1.54) is 0 Å². The average molecular weight is 316 g/mol. The van der Waals surface area contributed by atoms with E-state index in [2.05, 4.69) is 10.3 Å². The fraction of sp³-hybridized carbons (Fsp3) is 0.100. The number of aromatic nitrogens is 1. The molecule has 0 aliphatic heterocycles. The Morgan fingerprint density at radius 1 is 0.958 bits per heavy atom. The number of carbonyl (C=O) groups excluding carboxylic acids is 1. The third kappa shape index (κ3) is 2.33. The van der Waals surface area contributed by atoms with Crippen LogP contribution in [0.3, 0.4) is 0 Å². The Balaban J connectivity index is 1.80. The molecule has 2 heterocycles. The van der Waals surface area contributed by atoms with Crippen LogP contribution in [0.2, 0.25) is 0 Å². The zero-order valence-electron chi connectivity index (χ0n) is 13.5. The molecule has 1 amide bonds. The van der Waals surface area contributed by atoms with E-state index >= 15 is 0 Å². The molecule has 2 aromatic carbocycles. The topological polar surface area (TPSA) is 55.1 Å². The summed E-state index contributed by atoms with van der Waals surface area (Å²) in [6, 6.07) is 17.5. The molecule has 0 saturated heterocycles. The Morgan fingerprint density at radius 2 is 1.79 bits per heavy atom. The Bertz CT molecular complexity index is 1080. The fourth-order valence-corrected chi connectivity index (χ4v) is 2.95. The number of hydrogen-bond donors (Lipinski definition) is 1. The Kier molecular flexibility index (Phi) is 3.31. The van der Waals surface area contributed by atoms with Crippen LogP contribution >= 0.6 is 0 Å². The molecule has 4 rings (SSSR count). The smallest absolute Gasteiger partial charge is 0.292 e. The van der Waals surface area contributed by atoms with Crippen LogP contribution in [0.5, 0.6) is 0 Å². The number of pyridine rings is 1. The number of rotatable bonds is 2. The Labute approximate surface area is 139 Å². The molecule has 0 spiro atoms. The number of carbonyl (C=O) groups is 1. The second-order valence-corrected chi connectivity index (χ2v) is 5.84. The van der Waals surface area contributed by atoms with Crippen molar-refractivity contribution >= 4 is 33.5 Å². The van der Waals surface area contributed by atoms with Crippen LogP contribution in [-0.2, 0) is 0 Å². The van der Waals surface area contributed by atoms with Crippen LogP contribution in [0.4, 0.5) is 5.82 Å². The summed E-state index contributed by atoms with van der Waals surface area (Å²) in [5, 5.41) is 5.85. The fourth-order valence-electron chi connectivity index (χ4n) is 2.95. The second kappa shape index (κ2) is 5.49. The van der Waals surface area contributed by atoms with Gasteiger partial charge in [-0.15, -0.1) is 0 Å². The summed E-state index contributed by atoms with van der Waals surface area (Å²) in [4.78, 5) is 16.9. The first-order valence-corrected chi connectivity index (χ1v) is 7.79. The van der Waals surface area contributed by atoms with E-state index < -0.39 is 0 Å². The van der Waals surface area contributed by atoms with Gasteiger partial charge >= 0.3 is 0 Å². The minimum absolute atomic E-state index is 0.286. The highest BCUT2D eigenvalue weighted by Crippen LogP contribution is 2.32. The number of furan rings is 1. The molecular weight excluding hydrogens is 300 g/mol. The van der Waals surface area contributed by atoms with Crippen LogP contribution in [0.1, 0.15) is 21.8 Å². The Hall–Kier alpha value is -3.14. The van der Waals surface area contributed by atoms with Gasteiger partial charge in [0.1, 0.15) is 11.4 Å². The number of benzene rings is 2. The van der Waals surface area contributed by atoms with Crippen molar-refractivity contribution in [1.29, 1.82) is 0 Å². The minimum Gasteiger partial charge on any atom is -0.450 e. The van der Waals surface area contributed by atoms with Gasteiger partial charge in [-0.3, -0.25) is 4.79 Å². The zero-order chi connectivity index (χ0) is 16.7. The average Bonchev–Trinajstić information content (AvgIpc) is 2.92. The van der Waals surface area contributed by atoms with Crippen molar-refractivity contribution in [3.05, 3.63) is 71.6 Å². The summed E-state index contributed by atoms with van der Waals surface area (Å²) in [6.07, 6.45) is 0. The van der Waals surface area contributed by atoms with Gasteiger partial charge in [-0.25, -0.2) is 4.98 Å². The van der Waals surface area contributed by atoms with Crippen molar-refractivity contribution < 1.29 is 9.21 Å². The molecule has 24 heavy (non-hydrogen) atoms. The molecule has 0 fully saturated rings. The molecule has 0 bridgehead atoms. The number of hydrogen-bond acceptors (Lipinski definition) is 3. The highest BCUT2D eigenvalue weighted by molar-refractivity contribution is 6.11. The van der Waals surface area contributed by atoms with Gasteiger partial charge in [0.2, 0.25) is 0 Å². The van der Waals surface area contributed by atoms with E-state index in [9.17, 15) is 4.79 Å². The third-order valence-corrected chi connectivity index (χ3v) is 4.16. The van der Waals surface area contributed by atoms with Crippen LogP contribution in [0, 0.1) is 13.8 Å². The van der Waals surface area contributed by atoms with Crippen molar-refractivity contribution in [1.82, 2.24) is 4.98 Å². The van der Waals surface area contributed by atoms with Gasteiger partial charge in [-0.2, -0.15) is 0 Å². The lowest BCUT2D eigenvalue weighted by atomic mass is 10.1. The van der Waals surface area contributed by atoms with Gasteiger partial charge in [0.15, 0.2) is 5.76 Å². The lowest BCUT2D eigenvalue weighted by molar-refractivity contribution is 0.0997. The summed E-state index contributed by atoms with van der Waals surface area (Å²) in [5.74, 6) is 0.556. The summed E-state index contributed by atoms with van der Waals surface area (Å²) in [7, 11) is 0. The standard InChI is InChI=1S/C20H16N2O2/c1-12-6-5-9-17(21-12)22-20(23)18-13(2)15-11-10-14-7-3-4-8-16(14)19(15)24-18/h3-11H,1-2H3,(H,21,22,23). The summed E-state index contributed by atoms with van der Waals surface area (Å²) in [6.45, 7) is 3.79. The SMILES string of the molecule is Cc1cccc(NC(=O)c2oc3c(ccc4ccccc43)c2C)n1. The molecular formula is C20H16N2O2. The van der Waals surface area contributed by atoms with E-state index in [1.54, 1.807) is 6.07 Å². The predicted molar refractivity (Wildman–Crippen MR) is 95.4 cm³/mol. The number of anilines is 1. The van der Waals surface area contributed by atoms with Crippen molar-refractivity contribution in [2.24, 2.45) is 0 Å². The summed E-state index contributed by atoms with van der Waals surface area (Å²) < 4.78 is 5.94. The molecule has 0 atom stereocenters. The molecule has 118 valence electrons. The van der Waals surface area contributed by atoms with Crippen molar-refractivity contribution in [2.45, 2.75) is 13.8 Å².